The molecule has 2 aromatic rings. The number of ether oxygens (including phenoxy) is 1. The number of nitrogens with zero attached hydrogens (tertiary/aromatic N) is 1. The van der Waals surface area contributed by atoms with E-state index in [4.69, 9.17) is 4.74 Å². The third kappa shape index (κ3) is 4.19. The number of benzene rings is 2. The average molecular weight is 371 g/mol. The first kappa shape index (κ1) is 18.3. The summed E-state index contributed by atoms with van der Waals surface area (Å²) >= 11 is 1.43. The van der Waals surface area contributed by atoms with Crippen molar-refractivity contribution in [2.24, 2.45) is 5.92 Å². The number of rotatable bonds is 6. The normalized spacial score (nSPS) is 19.3. The quantitative estimate of drug-likeness (QED) is 0.791. The number of carbonyl (C=O) groups excluding carboxylic acids is 1. The van der Waals surface area contributed by atoms with Crippen molar-refractivity contribution in [3.8, 4) is 5.75 Å². The molecular weight excluding hydrogens is 350 g/mol. The number of hydrogen-bond acceptors (Lipinski definition) is 4. The molecule has 1 amide bonds. The molecule has 5 nitrogen and oxygen atoms in total. The van der Waals surface area contributed by atoms with Crippen LogP contribution in [0.25, 0.3) is 0 Å². The molecule has 0 saturated carbocycles. The first-order chi connectivity index (χ1) is 12.6. The summed E-state index contributed by atoms with van der Waals surface area (Å²) in [6.45, 7) is 0.699. The van der Waals surface area contributed by atoms with Crippen molar-refractivity contribution in [2.45, 2.75) is 10.8 Å². The lowest BCUT2D eigenvalue weighted by atomic mass is 9.89. The summed E-state index contributed by atoms with van der Waals surface area (Å²) in [5.74, 6) is -0.598. The summed E-state index contributed by atoms with van der Waals surface area (Å²) in [6.07, 6.45) is 0. The van der Waals surface area contributed by atoms with Crippen LogP contribution in [0.1, 0.15) is 11.5 Å². The predicted octanol–water partition coefficient (Wildman–Crippen LogP) is 3.11. The predicted molar refractivity (Wildman–Crippen MR) is 101 cm³/mol. The van der Waals surface area contributed by atoms with Crippen molar-refractivity contribution < 1.29 is 19.4 Å². The van der Waals surface area contributed by atoms with Gasteiger partial charge in [0.2, 0.25) is 5.91 Å². The van der Waals surface area contributed by atoms with Gasteiger partial charge in [-0.2, -0.15) is 0 Å². The van der Waals surface area contributed by atoms with E-state index >= 15 is 0 Å². The highest BCUT2D eigenvalue weighted by molar-refractivity contribution is 8.00. The highest BCUT2D eigenvalue weighted by atomic mass is 32.2. The lowest BCUT2D eigenvalue weighted by molar-refractivity contribution is -0.141. The molecule has 0 radical (unpaired) electrons. The van der Waals surface area contributed by atoms with Crippen molar-refractivity contribution in [3.63, 3.8) is 0 Å². The van der Waals surface area contributed by atoms with Gasteiger partial charge in [0.1, 0.15) is 5.75 Å². The van der Waals surface area contributed by atoms with Crippen LogP contribution >= 0.6 is 11.8 Å². The van der Waals surface area contributed by atoms with Crippen LogP contribution in [-0.2, 0) is 9.59 Å². The molecule has 1 N–H and O–H groups in total. The van der Waals surface area contributed by atoms with Crippen LogP contribution in [-0.4, -0.2) is 47.8 Å². The Bertz CT molecular complexity index is 780. The molecule has 26 heavy (non-hydrogen) atoms. The molecule has 2 aromatic carbocycles. The lowest BCUT2D eigenvalue weighted by Crippen LogP contribution is -2.31. The molecule has 1 fully saturated rings. The Kier molecular flexibility index (Phi) is 5.83. The molecule has 136 valence electrons. The first-order valence-corrected chi connectivity index (χ1v) is 9.39. The third-order valence-electron chi connectivity index (χ3n) is 4.62. The van der Waals surface area contributed by atoms with E-state index in [9.17, 15) is 14.7 Å². The van der Waals surface area contributed by atoms with Gasteiger partial charge in [0.25, 0.3) is 0 Å². The number of thioether (sulfide) groups is 1. The molecule has 0 bridgehead atoms. The fourth-order valence-electron chi connectivity index (χ4n) is 3.22. The summed E-state index contributed by atoms with van der Waals surface area (Å²) in [5, 5.41) is 9.55. The zero-order chi connectivity index (χ0) is 18.5. The Morgan fingerprint density at radius 3 is 2.62 bits per heavy atom. The molecule has 0 aliphatic carbocycles. The summed E-state index contributed by atoms with van der Waals surface area (Å²) in [7, 11) is 1.61. The van der Waals surface area contributed by atoms with Crippen molar-refractivity contribution in [1.82, 2.24) is 4.90 Å². The van der Waals surface area contributed by atoms with Gasteiger partial charge in [-0.15, -0.1) is 11.8 Å². The van der Waals surface area contributed by atoms with E-state index in [0.717, 1.165) is 16.2 Å². The van der Waals surface area contributed by atoms with Gasteiger partial charge in [-0.3, -0.25) is 9.59 Å². The Morgan fingerprint density at radius 2 is 1.92 bits per heavy atom. The van der Waals surface area contributed by atoms with E-state index in [2.05, 4.69) is 0 Å². The minimum absolute atomic E-state index is 0.0394. The molecule has 0 spiro atoms. The highest BCUT2D eigenvalue weighted by Gasteiger charge is 2.40. The fourth-order valence-corrected chi connectivity index (χ4v) is 4.07. The van der Waals surface area contributed by atoms with Crippen molar-refractivity contribution in [3.05, 3.63) is 60.2 Å². The second-order valence-corrected chi connectivity index (χ2v) is 7.28. The summed E-state index contributed by atoms with van der Waals surface area (Å²) < 4.78 is 5.19. The number of hydrogen-bond donors (Lipinski definition) is 1. The third-order valence-corrected chi connectivity index (χ3v) is 5.60. The SMILES string of the molecule is COc1cccc(SCC(=O)N2CC(C(=O)O)C(c3ccccc3)C2)c1. The maximum Gasteiger partial charge on any atom is 0.308 e. The molecule has 1 aliphatic rings. The van der Waals surface area contributed by atoms with E-state index in [1.807, 2.05) is 54.6 Å². The molecular formula is C20H21NO4S. The van der Waals surface area contributed by atoms with Crippen molar-refractivity contribution >= 4 is 23.6 Å². The number of amides is 1. The first-order valence-electron chi connectivity index (χ1n) is 8.41. The highest BCUT2D eigenvalue weighted by Crippen LogP contribution is 2.33. The van der Waals surface area contributed by atoms with Gasteiger partial charge >= 0.3 is 5.97 Å². The van der Waals surface area contributed by atoms with Gasteiger partial charge in [-0.05, 0) is 23.8 Å². The minimum Gasteiger partial charge on any atom is -0.497 e. The van der Waals surface area contributed by atoms with Crippen LogP contribution < -0.4 is 4.74 Å². The molecule has 3 rings (SSSR count). The summed E-state index contributed by atoms with van der Waals surface area (Å²) in [4.78, 5) is 26.9. The zero-order valence-electron chi connectivity index (χ0n) is 14.5. The minimum atomic E-state index is -0.852. The lowest BCUT2D eigenvalue weighted by Gasteiger charge is -2.16. The van der Waals surface area contributed by atoms with E-state index in [1.54, 1.807) is 12.0 Å². The summed E-state index contributed by atoms with van der Waals surface area (Å²) in [6, 6.07) is 17.1. The number of aliphatic carboxylic acids is 1. The molecule has 2 unspecified atom stereocenters. The molecule has 1 heterocycles. The number of methoxy groups -OCH3 is 1. The van der Waals surface area contributed by atoms with Gasteiger partial charge in [0.15, 0.2) is 0 Å². The maximum atomic E-state index is 12.6. The van der Waals surface area contributed by atoms with E-state index in [1.165, 1.54) is 11.8 Å². The zero-order valence-corrected chi connectivity index (χ0v) is 15.3. The largest absolute Gasteiger partial charge is 0.497 e. The Morgan fingerprint density at radius 1 is 1.15 bits per heavy atom. The average Bonchev–Trinajstić information content (AvgIpc) is 3.13. The molecule has 0 aromatic heterocycles. The molecule has 1 aliphatic heterocycles. The number of carboxylic acids is 1. The van der Waals surface area contributed by atoms with Gasteiger partial charge < -0.3 is 14.7 Å². The van der Waals surface area contributed by atoms with Gasteiger partial charge in [-0.1, -0.05) is 36.4 Å². The van der Waals surface area contributed by atoms with Gasteiger partial charge in [-0.25, -0.2) is 0 Å². The van der Waals surface area contributed by atoms with Gasteiger partial charge in [0.05, 0.1) is 18.8 Å². The smallest absolute Gasteiger partial charge is 0.308 e. The Balaban J connectivity index is 1.65. The van der Waals surface area contributed by atoms with Crippen LogP contribution in [0.2, 0.25) is 0 Å². The topological polar surface area (TPSA) is 66.8 Å². The van der Waals surface area contributed by atoms with Crippen LogP contribution in [0.4, 0.5) is 0 Å². The fraction of sp³-hybridized carbons (Fsp3) is 0.300. The second kappa shape index (κ2) is 8.27. The van der Waals surface area contributed by atoms with Crippen LogP contribution in [0.15, 0.2) is 59.5 Å². The molecule has 6 heteroatoms. The summed E-state index contributed by atoms with van der Waals surface area (Å²) in [5.41, 5.74) is 0.968. The Labute approximate surface area is 157 Å². The number of likely N-dealkylation sites (tertiary alicyclic amines) is 1. The second-order valence-electron chi connectivity index (χ2n) is 6.23. The van der Waals surface area contributed by atoms with Crippen LogP contribution in [0, 0.1) is 5.92 Å². The van der Waals surface area contributed by atoms with Crippen molar-refractivity contribution in [1.29, 1.82) is 0 Å². The standard InChI is InChI=1S/C20H21NO4S/c1-25-15-8-5-9-16(10-15)26-13-19(22)21-11-17(18(12-21)20(23)24)14-6-3-2-4-7-14/h2-10,17-18H,11-13H2,1H3,(H,23,24). The van der Waals surface area contributed by atoms with E-state index in [-0.39, 0.29) is 24.1 Å². The van der Waals surface area contributed by atoms with Crippen LogP contribution in [0.5, 0.6) is 5.75 Å². The van der Waals surface area contributed by atoms with E-state index in [0.29, 0.717) is 6.54 Å². The monoisotopic (exact) mass is 371 g/mol. The van der Waals surface area contributed by atoms with Crippen LogP contribution in [0.3, 0.4) is 0 Å². The molecule has 1 saturated heterocycles. The number of carboxylic acid groups (broad SMARTS) is 1. The number of carbonyl (C=O) groups is 2. The van der Waals surface area contributed by atoms with Crippen molar-refractivity contribution in [2.75, 3.05) is 26.0 Å². The molecule has 2 atom stereocenters. The van der Waals surface area contributed by atoms with E-state index < -0.39 is 11.9 Å². The van der Waals surface area contributed by atoms with Gasteiger partial charge in [0, 0.05) is 23.9 Å². The Hall–Kier alpha value is -2.47. The maximum absolute atomic E-state index is 12.6.